The van der Waals surface area contributed by atoms with Crippen LogP contribution < -0.4 is 24.8 Å². The number of benzene rings is 3. The quantitative estimate of drug-likeness (QED) is 0.270. The van der Waals surface area contributed by atoms with Gasteiger partial charge in [0.05, 0.1) is 37.5 Å². The van der Waals surface area contributed by atoms with Crippen LogP contribution in [0.2, 0.25) is 0 Å². The lowest BCUT2D eigenvalue weighted by molar-refractivity contribution is -0.384. The molecule has 0 aliphatic rings. The molecule has 0 spiro atoms. The van der Waals surface area contributed by atoms with Gasteiger partial charge >= 0.3 is 0 Å². The Bertz CT molecular complexity index is 1270. The van der Waals surface area contributed by atoms with Gasteiger partial charge in [-0.15, -0.1) is 0 Å². The molecule has 0 aliphatic heterocycles. The smallest absolute Gasteiger partial charge is 0.272 e. The van der Waals surface area contributed by atoms with E-state index in [1.165, 1.54) is 51.7 Å². The third-order valence-electron chi connectivity index (χ3n) is 4.92. The van der Waals surface area contributed by atoms with Crippen LogP contribution in [0.1, 0.15) is 15.9 Å². The highest BCUT2D eigenvalue weighted by Gasteiger charge is 2.19. The summed E-state index contributed by atoms with van der Waals surface area (Å²) in [5.74, 6) is -0.00569. The van der Waals surface area contributed by atoms with Gasteiger partial charge in [0.15, 0.2) is 0 Å². The van der Waals surface area contributed by atoms with Crippen molar-refractivity contribution in [1.29, 1.82) is 0 Å². The largest absolute Gasteiger partial charge is 0.497 e. The number of ether oxygens (including phenoxy) is 3. The molecule has 0 atom stereocenters. The molecule has 0 saturated carbocycles. The van der Waals surface area contributed by atoms with Crippen molar-refractivity contribution < 1.29 is 28.7 Å². The molecule has 0 bridgehead atoms. The number of hydrogen-bond acceptors (Lipinski definition) is 7. The van der Waals surface area contributed by atoms with E-state index in [-0.39, 0.29) is 16.9 Å². The summed E-state index contributed by atoms with van der Waals surface area (Å²) in [5.41, 5.74) is 0.823. The van der Waals surface area contributed by atoms with Crippen molar-refractivity contribution in [3.8, 4) is 17.2 Å². The number of para-hydroxylation sites is 1. The average Bonchev–Trinajstić information content (AvgIpc) is 2.88. The molecule has 0 aliphatic carbocycles. The number of nitro groups is 1. The van der Waals surface area contributed by atoms with Crippen molar-refractivity contribution in [1.82, 2.24) is 5.32 Å². The number of anilines is 1. The first-order valence-electron chi connectivity index (χ1n) is 10.3. The number of rotatable bonds is 9. The van der Waals surface area contributed by atoms with E-state index in [0.29, 0.717) is 28.5 Å². The Morgan fingerprint density at radius 3 is 2.20 bits per heavy atom. The topological polar surface area (TPSA) is 129 Å². The minimum absolute atomic E-state index is 0.103. The van der Waals surface area contributed by atoms with E-state index in [9.17, 15) is 19.7 Å². The first-order valence-corrected chi connectivity index (χ1v) is 10.3. The van der Waals surface area contributed by atoms with Gasteiger partial charge in [-0.05, 0) is 48.0 Å². The van der Waals surface area contributed by atoms with Crippen LogP contribution in [-0.2, 0) is 4.79 Å². The zero-order valence-corrected chi connectivity index (χ0v) is 19.2. The van der Waals surface area contributed by atoms with Crippen molar-refractivity contribution >= 4 is 29.3 Å². The first kappa shape index (κ1) is 24.8. The van der Waals surface area contributed by atoms with Gasteiger partial charge in [0.25, 0.3) is 17.5 Å². The second-order valence-corrected chi connectivity index (χ2v) is 7.08. The van der Waals surface area contributed by atoms with Crippen molar-refractivity contribution in [3.63, 3.8) is 0 Å². The van der Waals surface area contributed by atoms with Crippen molar-refractivity contribution in [3.05, 3.63) is 93.7 Å². The molecule has 35 heavy (non-hydrogen) atoms. The van der Waals surface area contributed by atoms with Gasteiger partial charge in [0.1, 0.15) is 22.9 Å². The highest BCUT2D eigenvalue weighted by atomic mass is 16.6. The molecule has 0 unspecified atom stereocenters. The molecule has 0 fully saturated rings. The summed E-state index contributed by atoms with van der Waals surface area (Å²) in [4.78, 5) is 36.6. The predicted octanol–water partition coefficient (Wildman–Crippen LogP) is 4.03. The van der Waals surface area contributed by atoms with Gasteiger partial charge in [0.2, 0.25) is 0 Å². The first-order chi connectivity index (χ1) is 16.9. The maximum Gasteiger partial charge on any atom is 0.272 e. The number of carbonyl (C=O) groups is 2. The summed E-state index contributed by atoms with van der Waals surface area (Å²) in [5, 5.41) is 16.3. The van der Waals surface area contributed by atoms with Crippen LogP contribution in [0.3, 0.4) is 0 Å². The average molecular weight is 477 g/mol. The van der Waals surface area contributed by atoms with Gasteiger partial charge in [0, 0.05) is 18.2 Å². The third-order valence-corrected chi connectivity index (χ3v) is 4.92. The van der Waals surface area contributed by atoms with E-state index >= 15 is 0 Å². The van der Waals surface area contributed by atoms with E-state index in [0.717, 1.165) is 0 Å². The monoisotopic (exact) mass is 477 g/mol. The van der Waals surface area contributed by atoms with Crippen molar-refractivity contribution in [2.75, 3.05) is 26.6 Å². The summed E-state index contributed by atoms with van der Waals surface area (Å²) in [6.07, 6.45) is 1.41. The maximum atomic E-state index is 13.2. The molecular weight excluding hydrogens is 454 g/mol. The highest BCUT2D eigenvalue weighted by molar-refractivity contribution is 6.11. The Hall–Kier alpha value is -4.86. The molecule has 0 heterocycles. The Morgan fingerprint density at radius 1 is 0.886 bits per heavy atom. The van der Waals surface area contributed by atoms with Crippen LogP contribution in [0.5, 0.6) is 17.2 Å². The zero-order chi connectivity index (χ0) is 25.4. The zero-order valence-electron chi connectivity index (χ0n) is 19.2. The van der Waals surface area contributed by atoms with E-state index in [2.05, 4.69) is 10.6 Å². The predicted molar refractivity (Wildman–Crippen MR) is 130 cm³/mol. The second kappa shape index (κ2) is 11.3. The molecule has 2 amide bonds. The van der Waals surface area contributed by atoms with Crippen LogP contribution in [0.25, 0.3) is 6.08 Å². The van der Waals surface area contributed by atoms with E-state index < -0.39 is 16.7 Å². The number of nitrogens with one attached hydrogen (secondary N) is 2. The molecule has 3 aromatic rings. The van der Waals surface area contributed by atoms with Crippen LogP contribution in [0.4, 0.5) is 11.4 Å². The fourth-order valence-corrected chi connectivity index (χ4v) is 3.13. The van der Waals surface area contributed by atoms with E-state index in [4.69, 9.17) is 14.2 Å². The third kappa shape index (κ3) is 6.14. The molecule has 3 rings (SSSR count). The Morgan fingerprint density at radius 2 is 1.57 bits per heavy atom. The number of non-ortho nitro benzene ring substituents is 1. The van der Waals surface area contributed by atoms with E-state index in [1.54, 1.807) is 42.5 Å². The Labute approximate surface area is 201 Å². The highest BCUT2D eigenvalue weighted by Crippen LogP contribution is 2.29. The molecule has 2 N–H and O–H groups in total. The normalized spacial score (nSPS) is 10.8. The maximum absolute atomic E-state index is 13.2. The summed E-state index contributed by atoms with van der Waals surface area (Å²) in [6, 6.07) is 16.9. The summed E-state index contributed by atoms with van der Waals surface area (Å²) in [6.45, 7) is 0. The molecule has 0 aromatic heterocycles. The van der Waals surface area contributed by atoms with Crippen LogP contribution in [0, 0.1) is 10.1 Å². The molecule has 0 radical (unpaired) electrons. The summed E-state index contributed by atoms with van der Waals surface area (Å²) < 4.78 is 15.7. The number of hydrogen-bond donors (Lipinski definition) is 2. The summed E-state index contributed by atoms with van der Waals surface area (Å²) in [7, 11) is 4.38. The standard InChI is InChI=1S/C25H23N3O7/c1-33-18-12-13-20(23(15-18)35-3)26-25(30)21(14-16-8-10-17(11-9-16)28(31)32)27-24(29)19-6-4-5-7-22(19)34-2/h4-15H,1-3H3,(H,26,30)(H,27,29)/b21-14-. The number of nitrogens with zero attached hydrogens (tertiary/aromatic N) is 1. The Balaban J connectivity index is 1.96. The molecule has 10 heteroatoms. The lowest BCUT2D eigenvalue weighted by atomic mass is 10.1. The molecule has 3 aromatic carbocycles. The Kier molecular flexibility index (Phi) is 8.02. The lowest BCUT2D eigenvalue weighted by Crippen LogP contribution is -2.31. The minimum atomic E-state index is -0.643. The summed E-state index contributed by atoms with van der Waals surface area (Å²) >= 11 is 0. The molecule has 180 valence electrons. The van der Waals surface area contributed by atoms with Crippen molar-refractivity contribution in [2.24, 2.45) is 0 Å². The van der Waals surface area contributed by atoms with Crippen LogP contribution in [-0.4, -0.2) is 38.1 Å². The van der Waals surface area contributed by atoms with Crippen LogP contribution >= 0.6 is 0 Å². The number of methoxy groups -OCH3 is 3. The molecular formula is C25H23N3O7. The van der Waals surface area contributed by atoms with Gasteiger partial charge in [-0.25, -0.2) is 0 Å². The number of nitro benzene ring substituents is 1. The van der Waals surface area contributed by atoms with Gasteiger partial charge in [-0.3, -0.25) is 19.7 Å². The number of carbonyl (C=O) groups excluding carboxylic acids is 2. The fraction of sp³-hybridized carbons (Fsp3) is 0.120. The van der Waals surface area contributed by atoms with Crippen molar-refractivity contribution in [2.45, 2.75) is 0 Å². The SMILES string of the molecule is COc1ccc(NC(=O)/C(=C/c2ccc([N+](=O)[O-])cc2)NC(=O)c2ccccc2OC)c(OC)c1. The molecule has 10 nitrogen and oxygen atoms in total. The lowest BCUT2D eigenvalue weighted by Gasteiger charge is -2.15. The second-order valence-electron chi connectivity index (χ2n) is 7.08. The minimum Gasteiger partial charge on any atom is -0.497 e. The number of amides is 2. The van der Waals surface area contributed by atoms with Gasteiger partial charge < -0.3 is 24.8 Å². The van der Waals surface area contributed by atoms with E-state index in [1.807, 2.05) is 0 Å². The fourth-order valence-electron chi connectivity index (χ4n) is 3.13. The van der Waals surface area contributed by atoms with Gasteiger partial charge in [-0.2, -0.15) is 0 Å². The van der Waals surface area contributed by atoms with Crippen LogP contribution in [0.15, 0.2) is 72.4 Å². The molecule has 0 saturated heterocycles. The van der Waals surface area contributed by atoms with Gasteiger partial charge in [-0.1, -0.05) is 12.1 Å².